The topological polar surface area (TPSA) is 42.7 Å². The minimum atomic E-state index is 0.710. The van der Waals surface area contributed by atoms with Crippen molar-refractivity contribution in [1.82, 2.24) is 20.3 Å². The zero-order valence-corrected chi connectivity index (χ0v) is 9.73. The molecule has 2 fully saturated rings. The fourth-order valence-corrected chi connectivity index (χ4v) is 2.62. The highest BCUT2D eigenvalue weighted by molar-refractivity contribution is 5.05. The molecule has 16 heavy (non-hydrogen) atoms. The van der Waals surface area contributed by atoms with E-state index in [0.29, 0.717) is 5.92 Å². The van der Waals surface area contributed by atoms with Crippen molar-refractivity contribution in [2.45, 2.75) is 44.6 Å². The average molecular weight is 220 g/mol. The molecule has 1 N–H and O–H groups in total. The third-order valence-corrected chi connectivity index (χ3v) is 3.98. The van der Waals surface area contributed by atoms with E-state index in [1.807, 2.05) is 0 Å². The molecule has 0 amide bonds. The molecule has 1 aliphatic heterocycles. The van der Waals surface area contributed by atoms with Crippen LogP contribution in [0.3, 0.4) is 0 Å². The van der Waals surface area contributed by atoms with Gasteiger partial charge in [-0.2, -0.15) is 0 Å². The van der Waals surface area contributed by atoms with Crippen LogP contribution in [-0.4, -0.2) is 28.1 Å². The Balaban J connectivity index is 1.58. The molecule has 0 aromatic carbocycles. The van der Waals surface area contributed by atoms with Gasteiger partial charge in [0, 0.05) is 18.7 Å². The maximum absolute atomic E-state index is 4.30. The number of aromatic nitrogens is 3. The first-order valence-corrected chi connectivity index (χ1v) is 6.52. The Labute approximate surface area is 96.4 Å². The lowest BCUT2D eigenvalue weighted by atomic mass is 9.83. The Bertz CT molecular complexity index is 337. The molecule has 2 aliphatic rings. The Morgan fingerprint density at radius 1 is 1.25 bits per heavy atom. The van der Waals surface area contributed by atoms with Crippen molar-refractivity contribution in [3.8, 4) is 0 Å². The van der Waals surface area contributed by atoms with E-state index < -0.39 is 0 Å². The monoisotopic (exact) mass is 220 g/mol. The fraction of sp³-hybridized carbons (Fsp3) is 0.833. The van der Waals surface area contributed by atoms with Gasteiger partial charge in [-0.3, -0.25) is 4.68 Å². The second-order valence-corrected chi connectivity index (χ2v) is 5.19. The predicted octanol–water partition coefficient (Wildman–Crippen LogP) is 1.55. The molecule has 0 bridgehead atoms. The standard InChI is InChI=1S/C12H20N4/c1-2-11(3-1)12-9-16(15-14-12)8-10-4-6-13-7-5-10/h9-11,13H,1-8H2. The van der Waals surface area contributed by atoms with Crippen molar-refractivity contribution < 1.29 is 0 Å². The van der Waals surface area contributed by atoms with Gasteiger partial charge in [-0.05, 0) is 44.7 Å². The van der Waals surface area contributed by atoms with Gasteiger partial charge in [-0.1, -0.05) is 11.6 Å². The molecule has 1 saturated carbocycles. The largest absolute Gasteiger partial charge is 0.317 e. The highest BCUT2D eigenvalue weighted by atomic mass is 15.4. The molecule has 1 aromatic rings. The quantitative estimate of drug-likeness (QED) is 0.840. The first-order valence-electron chi connectivity index (χ1n) is 6.52. The molecule has 0 radical (unpaired) electrons. The Morgan fingerprint density at radius 2 is 2.06 bits per heavy atom. The number of nitrogens with zero attached hydrogens (tertiary/aromatic N) is 3. The maximum atomic E-state index is 4.30. The lowest BCUT2D eigenvalue weighted by Crippen LogP contribution is -2.30. The number of hydrogen-bond acceptors (Lipinski definition) is 3. The molecule has 0 spiro atoms. The van der Waals surface area contributed by atoms with E-state index in [4.69, 9.17) is 0 Å². The van der Waals surface area contributed by atoms with E-state index in [0.717, 1.165) is 25.6 Å². The van der Waals surface area contributed by atoms with Crippen LogP contribution < -0.4 is 5.32 Å². The predicted molar refractivity (Wildman–Crippen MR) is 62.2 cm³/mol. The van der Waals surface area contributed by atoms with Gasteiger partial charge in [-0.15, -0.1) is 5.10 Å². The van der Waals surface area contributed by atoms with E-state index in [-0.39, 0.29) is 0 Å². The van der Waals surface area contributed by atoms with Gasteiger partial charge < -0.3 is 5.32 Å². The molecule has 0 unspecified atom stereocenters. The van der Waals surface area contributed by atoms with Crippen LogP contribution in [0.4, 0.5) is 0 Å². The van der Waals surface area contributed by atoms with Gasteiger partial charge in [0.1, 0.15) is 0 Å². The number of rotatable bonds is 3. The minimum Gasteiger partial charge on any atom is -0.317 e. The van der Waals surface area contributed by atoms with Gasteiger partial charge >= 0.3 is 0 Å². The molecule has 4 heteroatoms. The third-order valence-electron chi connectivity index (χ3n) is 3.98. The van der Waals surface area contributed by atoms with Crippen molar-refractivity contribution in [2.75, 3.05) is 13.1 Å². The van der Waals surface area contributed by atoms with Crippen LogP contribution in [0.5, 0.6) is 0 Å². The Kier molecular flexibility index (Phi) is 2.91. The van der Waals surface area contributed by atoms with Crippen molar-refractivity contribution in [1.29, 1.82) is 0 Å². The van der Waals surface area contributed by atoms with Crippen LogP contribution in [0.1, 0.15) is 43.7 Å². The van der Waals surface area contributed by atoms with E-state index in [9.17, 15) is 0 Å². The molecular weight excluding hydrogens is 200 g/mol. The lowest BCUT2D eigenvalue weighted by molar-refractivity contribution is 0.318. The fourth-order valence-electron chi connectivity index (χ4n) is 2.62. The third kappa shape index (κ3) is 2.12. The van der Waals surface area contributed by atoms with E-state index in [1.54, 1.807) is 0 Å². The SMILES string of the molecule is c1c(C2CCC2)nnn1CC1CCNCC1. The molecule has 4 nitrogen and oxygen atoms in total. The molecule has 88 valence electrons. The zero-order chi connectivity index (χ0) is 10.8. The summed E-state index contributed by atoms with van der Waals surface area (Å²) in [6.07, 6.45) is 8.72. The Hall–Kier alpha value is -0.900. The molecule has 1 saturated heterocycles. The molecule has 0 atom stereocenters. The van der Waals surface area contributed by atoms with Gasteiger partial charge in [-0.25, -0.2) is 0 Å². The summed E-state index contributed by atoms with van der Waals surface area (Å²) < 4.78 is 2.06. The smallest absolute Gasteiger partial charge is 0.0857 e. The number of hydrogen-bond donors (Lipinski definition) is 1. The van der Waals surface area contributed by atoms with Crippen LogP contribution in [0.25, 0.3) is 0 Å². The second-order valence-electron chi connectivity index (χ2n) is 5.19. The van der Waals surface area contributed by atoms with Crippen molar-refractivity contribution in [3.63, 3.8) is 0 Å². The van der Waals surface area contributed by atoms with Crippen LogP contribution in [0.15, 0.2) is 6.20 Å². The second kappa shape index (κ2) is 4.53. The summed E-state index contributed by atoms with van der Waals surface area (Å²) in [5.41, 5.74) is 1.22. The maximum Gasteiger partial charge on any atom is 0.0857 e. The van der Waals surface area contributed by atoms with E-state index in [2.05, 4.69) is 26.5 Å². The van der Waals surface area contributed by atoms with Gasteiger partial charge in [0.2, 0.25) is 0 Å². The Morgan fingerprint density at radius 3 is 2.75 bits per heavy atom. The molecular formula is C12H20N4. The highest BCUT2D eigenvalue weighted by Gasteiger charge is 2.23. The molecule has 1 aromatic heterocycles. The van der Waals surface area contributed by atoms with Gasteiger partial charge in [0.15, 0.2) is 0 Å². The minimum absolute atomic E-state index is 0.710. The summed E-state index contributed by atoms with van der Waals surface area (Å²) in [6.45, 7) is 3.38. The molecule has 2 heterocycles. The average Bonchev–Trinajstić information content (AvgIpc) is 2.65. The summed E-state index contributed by atoms with van der Waals surface area (Å²) in [5.74, 6) is 1.50. The summed E-state index contributed by atoms with van der Waals surface area (Å²) in [4.78, 5) is 0. The van der Waals surface area contributed by atoms with E-state index in [1.165, 1.54) is 37.8 Å². The summed E-state index contributed by atoms with van der Waals surface area (Å²) >= 11 is 0. The summed E-state index contributed by atoms with van der Waals surface area (Å²) in [6, 6.07) is 0. The first-order chi connectivity index (χ1) is 7.92. The van der Waals surface area contributed by atoms with Crippen molar-refractivity contribution in [2.24, 2.45) is 5.92 Å². The zero-order valence-electron chi connectivity index (χ0n) is 9.73. The van der Waals surface area contributed by atoms with Crippen LogP contribution in [0.2, 0.25) is 0 Å². The van der Waals surface area contributed by atoms with Crippen LogP contribution in [-0.2, 0) is 6.54 Å². The lowest BCUT2D eigenvalue weighted by Gasteiger charge is -2.23. The number of nitrogens with one attached hydrogen (secondary N) is 1. The van der Waals surface area contributed by atoms with Crippen LogP contribution >= 0.6 is 0 Å². The van der Waals surface area contributed by atoms with E-state index >= 15 is 0 Å². The van der Waals surface area contributed by atoms with Crippen LogP contribution in [0, 0.1) is 5.92 Å². The molecule has 3 rings (SSSR count). The molecule has 1 aliphatic carbocycles. The normalized spacial score (nSPS) is 23.2. The first kappa shape index (κ1) is 10.3. The van der Waals surface area contributed by atoms with Gasteiger partial charge in [0.05, 0.1) is 5.69 Å². The summed E-state index contributed by atoms with van der Waals surface area (Å²) in [7, 11) is 0. The number of piperidine rings is 1. The van der Waals surface area contributed by atoms with Gasteiger partial charge in [0.25, 0.3) is 0 Å². The summed E-state index contributed by atoms with van der Waals surface area (Å²) in [5, 5.41) is 12.0. The highest BCUT2D eigenvalue weighted by Crippen LogP contribution is 2.34. The van der Waals surface area contributed by atoms with Crippen molar-refractivity contribution in [3.05, 3.63) is 11.9 Å². The van der Waals surface area contributed by atoms with Crippen molar-refractivity contribution >= 4 is 0 Å².